The van der Waals surface area contributed by atoms with Crippen molar-refractivity contribution in [3.63, 3.8) is 0 Å². The first-order chi connectivity index (χ1) is 34.3. The van der Waals surface area contributed by atoms with Crippen LogP contribution in [0.1, 0.15) is 67.0 Å². The van der Waals surface area contributed by atoms with Crippen molar-refractivity contribution in [1.82, 2.24) is 35.1 Å². The summed E-state index contributed by atoms with van der Waals surface area (Å²) in [4.78, 5) is 83.7. The largest absolute Gasteiger partial charge is 0.493 e. The summed E-state index contributed by atoms with van der Waals surface area (Å²) >= 11 is 1.55. The quantitative estimate of drug-likeness (QED) is 0.0805. The lowest BCUT2D eigenvalue weighted by Gasteiger charge is -2.35. The van der Waals surface area contributed by atoms with E-state index in [-0.39, 0.29) is 53.9 Å². The van der Waals surface area contributed by atoms with Crippen LogP contribution in [0.4, 0.5) is 10.1 Å². The molecule has 0 radical (unpaired) electrons. The summed E-state index contributed by atoms with van der Waals surface area (Å²) in [5.41, 5.74) is 5.79. The number of pyridine rings is 1. The second-order valence-corrected chi connectivity index (χ2v) is 19.5. The molecule has 1 fully saturated rings. The molecule has 3 aromatic heterocycles. The molecule has 4 N–H and O–H groups in total. The highest BCUT2D eigenvalue weighted by Gasteiger charge is 2.44. The Balaban J connectivity index is 0.911. The molecule has 0 bridgehead atoms. The van der Waals surface area contributed by atoms with Crippen LogP contribution in [0.15, 0.2) is 89.4 Å². The molecule has 3 atom stereocenters. The minimum atomic E-state index is -1.11. The predicted molar refractivity (Wildman–Crippen MR) is 271 cm³/mol. The molecule has 374 valence electrons. The van der Waals surface area contributed by atoms with Crippen molar-refractivity contribution < 1.29 is 42.9 Å². The van der Waals surface area contributed by atoms with Crippen LogP contribution in [0, 0.1) is 25.1 Å². The first kappa shape index (κ1) is 50.6. The lowest BCUT2D eigenvalue weighted by molar-refractivity contribution is -0.144. The number of fused-ring (bicyclic) bond motifs is 2. The first-order valence-electron chi connectivity index (χ1n) is 23.3. The van der Waals surface area contributed by atoms with Crippen molar-refractivity contribution in [1.29, 1.82) is 0 Å². The number of halogens is 1. The normalized spacial score (nSPS) is 15.1. The van der Waals surface area contributed by atoms with Gasteiger partial charge in [0.2, 0.25) is 23.1 Å². The average Bonchev–Trinajstić information content (AvgIpc) is 3.98. The molecule has 1 aliphatic rings. The zero-order valence-corrected chi connectivity index (χ0v) is 41.9. The Bertz CT molecular complexity index is 3300. The van der Waals surface area contributed by atoms with Gasteiger partial charge in [0.25, 0.3) is 11.8 Å². The summed E-state index contributed by atoms with van der Waals surface area (Å²) in [5, 5.41) is 19.7. The SMILES string of the molecule is CCc1ccc2c(c1)c(=O)c(C(=O)Nc1ccc(Oc3ncnc4cc(OCC(=O)NC(C(=O)N5CC(O)CC5C(=O)NCc5ccc(-c6scnc6C)cc5)C(C)(C)C)c(OC)cc34)c(F)c1)c(C)n2C. The van der Waals surface area contributed by atoms with Crippen molar-refractivity contribution >= 4 is 62.5 Å². The van der Waals surface area contributed by atoms with E-state index in [2.05, 4.69) is 30.9 Å². The third-order valence-electron chi connectivity index (χ3n) is 12.7. The highest BCUT2D eigenvalue weighted by Crippen LogP contribution is 2.37. The van der Waals surface area contributed by atoms with Gasteiger partial charge in [-0.15, -0.1) is 11.3 Å². The van der Waals surface area contributed by atoms with E-state index in [0.717, 1.165) is 33.3 Å². The van der Waals surface area contributed by atoms with E-state index in [4.69, 9.17) is 14.2 Å². The number of aliphatic hydroxyl groups excluding tert-OH is 1. The number of rotatable bonds is 15. The third-order valence-corrected chi connectivity index (χ3v) is 13.7. The van der Waals surface area contributed by atoms with E-state index in [1.54, 1.807) is 62.2 Å². The van der Waals surface area contributed by atoms with E-state index in [9.17, 15) is 29.1 Å². The Kier molecular flexibility index (Phi) is 14.7. The zero-order chi connectivity index (χ0) is 51.6. The van der Waals surface area contributed by atoms with Gasteiger partial charge >= 0.3 is 0 Å². The van der Waals surface area contributed by atoms with E-state index >= 15 is 4.39 Å². The van der Waals surface area contributed by atoms with Crippen molar-refractivity contribution in [3.8, 4) is 33.6 Å². The number of aliphatic hydroxyl groups is 1. The smallest absolute Gasteiger partial charge is 0.261 e. The van der Waals surface area contributed by atoms with Crippen LogP contribution < -0.4 is 35.6 Å². The maximum absolute atomic E-state index is 15.7. The fraction of sp³-hybridized carbons (Fsp3) is 0.321. The van der Waals surface area contributed by atoms with Crippen LogP contribution in [0.3, 0.4) is 0 Å². The Morgan fingerprint density at radius 1 is 0.931 bits per heavy atom. The van der Waals surface area contributed by atoms with Gasteiger partial charge in [-0.1, -0.05) is 58.0 Å². The highest BCUT2D eigenvalue weighted by atomic mass is 32.1. The van der Waals surface area contributed by atoms with E-state index in [1.807, 2.05) is 50.2 Å². The molecule has 4 heterocycles. The topological polar surface area (TPSA) is 216 Å². The van der Waals surface area contributed by atoms with Gasteiger partial charge in [-0.05, 0) is 72.7 Å². The van der Waals surface area contributed by atoms with Gasteiger partial charge in [-0.2, -0.15) is 0 Å². The number of benzene rings is 4. The number of methoxy groups -OCH3 is 1. The number of hydrogen-bond donors (Lipinski definition) is 4. The second kappa shape index (κ2) is 20.9. The zero-order valence-electron chi connectivity index (χ0n) is 41.1. The number of aryl methyl sites for hydroxylation is 3. The van der Waals surface area contributed by atoms with Gasteiger partial charge in [-0.25, -0.2) is 19.3 Å². The molecule has 1 saturated heterocycles. The number of β-amino-alcohol motifs (C(OH)–C–C–N with tert-alkyl or cyclic N) is 1. The van der Waals surface area contributed by atoms with Crippen molar-refractivity contribution in [3.05, 3.63) is 129 Å². The highest BCUT2D eigenvalue weighted by molar-refractivity contribution is 7.13. The lowest BCUT2D eigenvalue weighted by Crippen LogP contribution is -2.58. The molecule has 72 heavy (non-hydrogen) atoms. The number of amides is 4. The third kappa shape index (κ3) is 10.6. The maximum Gasteiger partial charge on any atom is 0.261 e. The van der Waals surface area contributed by atoms with E-state index < -0.39 is 65.1 Å². The van der Waals surface area contributed by atoms with Crippen molar-refractivity contribution in [2.45, 2.75) is 79.1 Å². The van der Waals surface area contributed by atoms with Crippen LogP contribution in [-0.2, 0) is 34.4 Å². The number of likely N-dealkylation sites (tertiary alicyclic amines) is 1. The van der Waals surface area contributed by atoms with Gasteiger partial charge in [0, 0.05) is 55.5 Å². The molecule has 0 spiro atoms. The average molecular weight is 999 g/mol. The Morgan fingerprint density at radius 2 is 1.68 bits per heavy atom. The predicted octanol–water partition coefficient (Wildman–Crippen LogP) is 7.16. The number of anilines is 1. The van der Waals surface area contributed by atoms with Crippen LogP contribution >= 0.6 is 11.3 Å². The molecule has 1 aliphatic heterocycles. The molecule has 17 nitrogen and oxygen atoms in total. The summed E-state index contributed by atoms with van der Waals surface area (Å²) in [6, 6.07) is 18.1. The number of thiazole rings is 1. The monoisotopic (exact) mass is 998 g/mol. The number of hydrogen-bond acceptors (Lipinski definition) is 13. The lowest BCUT2D eigenvalue weighted by atomic mass is 9.85. The number of nitrogens with one attached hydrogen (secondary N) is 3. The summed E-state index contributed by atoms with van der Waals surface area (Å²) < 4.78 is 34.9. The van der Waals surface area contributed by atoms with Crippen LogP contribution in [0.25, 0.3) is 32.2 Å². The number of carbonyl (C=O) groups excluding carboxylic acids is 4. The molecule has 4 amide bonds. The van der Waals surface area contributed by atoms with E-state index in [0.29, 0.717) is 33.9 Å². The summed E-state index contributed by atoms with van der Waals surface area (Å²) in [6.45, 7) is 10.5. The van der Waals surface area contributed by atoms with Crippen LogP contribution in [-0.4, -0.2) is 91.6 Å². The van der Waals surface area contributed by atoms with Gasteiger partial charge < -0.3 is 44.7 Å². The Labute approximate surface area is 418 Å². The number of aromatic nitrogens is 4. The summed E-state index contributed by atoms with van der Waals surface area (Å²) in [5.74, 6) is -3.12. The standard InChI is InChI=1S/C53H55FN8O9S/c1-9-30-12-16-39-36(18-30)46(65)45(29(3)61(39)7)50(67)59-33-15-17-41(37(54)19-33)71-51-35-21-42(69-8)43(22-38(35)56-26-57-51)70-25-44(64)60-48(53(4,5)6)52(68)62-24-34(63)20-40(62)49(66)55-23-31-10-13-32(14-11-31)47-28(2)58-27-72-47/h10-19,21-22,26-27,34,40,48,63H,9,20,23-25H2,1-8H3,(H,55,66)(H,59,67)(H,60,64). The number of carbonyl (C=O) groups is 4. The molecule has 7 aromatic rings. The molecular formula is C53H55FN8O9S. The molecule has 0 saturated carbocycles. The van der Waals surface area contributed by atoms with Gasteiger partial charge in [-0.3, -0.25) is 24.0 Å². The van der Waals surface area contributed by atoms with Gasteiger partial charge in [0.05, 0.1) is 45.7 Å². The Hall–Kier alpha value is -7.77. The maximum atomic E-state index is 15.7. The molecule has 8 rings (SSSR count). The van der Waals surface area contributed by atoms with Crippen LogP contribution in [0.2, 0.25) is 0 Å². The van der Waals surface area contributed by atoms with E-state index in [1.165, 1.54) is 42.6 Å². The number of nitrogens with zero attached hydrogens (tertiary/aromatic N) is 5. The molecule has 0 aliphatic carbocycles. The molecular weight excluding hydrogens is 944 g/mol. The van der Waals surface area contributed by atoms with Crippen LogP contribution in [0.5, 0.6) is 23.1 Å². The van der Waals surface area contributed by atoms with Crippen molar-refractivity contribution in [2.75, 3.05) is 25.6 Å². The minimum absolute atomic E-state index is 0.0329. The summed E-state index contributed by atoms with van der Waals surface area (Å²) in [7, 11) is 3.16. The fourth-order valence-corrected chi connectivity index (χ4v) is 9.48. The Morgan fingerprint density at radius 3 is 2.36 bits per heavy atom. The molecule has 3 unspecified atom stereocenters. The van der Waals surface area contributed by atoms with Gasteiger partial charge in [0.1, 0.15) is 24.0 Å². The first-order valence-corrected chi connectivity index (χ1v) is 24.1. The second-order valence-electron chi connectivity index (χ2n) is 18.7. The minimum Gasteiger partial charge on any atom is -0.493 e. The molecule has 4 aromatic carbocycles. The summed E-state index contributed by atoms with van der Waals surface area (Å²) in [6.07, 6.45) is 1.01. The molecule has 19 heteroatoms. The van der Waals surface area contributed by atoms with Gasteiger partial charge in [0.15, 0.2) is 29.7 Å². The fourth-order valence-electron chi connectivity index (χ4n) is 8.67. The number of ether oxygens (including phenoxy) is 3. The van der Waals surface area contributed by atoms with Crippen molar-refractivity contribution in [2.24, 2.45) is 12.5 Å².